The first-order chi connectivity index (χ1) is 7.66. The van der Waals surface area contributed by atoms with E-state index >= 15 is 0 Å². The summed E-state index contributed by atoms with van der Waals surface area (Å²) < 4.78 is 1.84. The lowest BCUT2D eigenvalue weighted by molar-refractivity contribution is 0.307. The van der Waals surface area contributed by atoms with Crippen molar-refractivity contribution in [2.24, 2.45) is 12.8 Å². The molecule has 88 valence electrons. The molecule has 0 radical (unpaired) electrons. The van der Waals surface area contributed by atoms with Crippen LogP contribution in [0.4, 0.5) is 0 Å². The van der Waals surface area contributed by atoms with Gasteiger partial charge in [-0.25, -0.2) is 0 Å². The van der Waals surface area contributed by atoms with Crippen molar-refractivity contribution in [1.82, 2.24) is 14.7 Å². The lowest BCUT2D eigenvalue weighted by Gasteiger charge is -2.22. The van der Waals surface area contributed by atoms with Gasteiger partial charge >= 0.3 is 0 Å². The maximum absolute atomic E-state index is 5.73. The molecule has 1 aromatic rings. The average molecular weight is 238 g/mol. The first-order valence-electron chi connectivity index (χ1n) is 5.67. The summed E-state index contributed by atoms with van der Waals surface area (Å²) in [4.78, 5) is 3.03. The summed E-state index contributed by atoms with van der Waals surface area (Å²) in [6, 6.07) is 0.312. The molecular formula is C11H18N4S. The Balaban J connectivity index is 1.87. The van der Waals surface area contributed by atoms with Crippen LogP contribution >= 0.6 is 12.2 Å². The highest BCUT2D eigenvalue weighted by molar-refractivity contribution is 7.80. The minimum atomic E-state index is 0.312. The van der Waals surface area contributed by atoms with Gasteiger partial charge in [-0.15, -0.1) is 0 Å². The molecule has 2 rings (SSSR count). The van der Waals surface area contributed by atoms with Crippen LogP contribution in [0.5, 0.6) is 0 Å². The molecule has 1 fully saturated rings. The van der Waals surface area contributed by atoms with Crippen molar-refractivity contribution in [3.63, 3.8) is 0 Å². The van der Waals surface area contributed by atoms with Gasteiger partial charge in [0.05, 0.1) is 17.2 Å². The van der Waals surface area contributed by atoms with Crippen LogP contribution in [-0.4, -0.2) is 38.8 Å². The number of nitrogens with two attached hydrogens (primary N) is 1. The quantitative estimate of drug-likeness (QED) is 0.785. The van der Waals surface area contributed by atoms with Crippen molar-refractivity contribution in [2.75, 3.05) is 13.1 Å². The molecule has 0 saturated carbocycles. The van der Waals surface area contributed by atoms with E-state index in [2.05, 4.69) is 16.2 Å². The zero-order valence-electron chi connectivity index (χ0n) is 9.59. The van der Waals surface area contributed by atoms with Crippen molar-refractivity contribution in [2.45, 2.75) is 25.3 Å². The van der Waals surface area contributed by atoms with E-state index in [4.69, 9.17) is 18.0 Å². The fraction of sp³-hybridized carbons (Fsp3) is 0.636. The minimum absolute atomic E-state index is 0.312. The third-order valence-corrected chi connectivity index (χ3v) is 3.41. The Morgan fingerprint density at radius 1 is 1.69 bits per heavy atom. The van der Waals surface area contributed by atoms with Crippen molar-refractivity contribution in [3.8, 4) is 0 Å². The summed E-state index contributed by atoms with van der Waals surface area (Å²) in [6.07, 6.45) is 7.32. The van der Waals surface area contributed by atoms with Crippen LogP contribution in [0.2, 0.25) is 0 Å². The Morgan fingerprint density at radius 3 is 3.12 bits per heavy atom. The number of aryl methyl sites for hydroxylation is 1. The predicted octanol–water partition coefficient (Wildman–Crippen LogP) is 0.713. The van der Waals surface area contributed by atoms with Gasteiger partial charge in [0.15, 0.2) is 0 Å². The van der Waals surface area contributed by atoms with Gasteiger partial charge in [-0.1, -0.05) is 12.2 Å². The molecule has 1 aliphatic rings. The van der Waals surface area contributed by atoms with Crippen molar-refractivity contribution >= 4 is 17.2 Å². The number of rotatable bonds is 4. The Morgan fingerprint density at radius 2 is 2.50 bits per heavy atom. The van der Waals surface area contributed by atoms with Crippen LogP contribution in [0.15, 0.2) is 12.4 Å². The molecule has 0 bridgehead atoms. The molecule has 1 aliphatic heterocycles. The second-order valence-electron chi connectivity index (χ2n) is 4.37. The van der Waals surface area contributed by atoms with Crippen LogP contribution < -0.4 is 5.73 Å². The zero-order chi connectivity index (χ0) is 11.5. The molecule has 1 atom stereocenters. The molecule has 5 heteroatoms. The van der Waals surface area contributed by atoms with E-state index in [1.54, 1.807) is 0 Å². The Labute approximate surface area is 101 Å². The number of hydrogen-bond acceptors (Lipinski definition) is 3. The smallest absolute Gasteiger partial charge is 0.0902 e. The van der Waals surface area contributed by atoms with E-state index in [0.717, 1.165) is 25.9 Å². The third kappa shape index (κ3) is 2.59. The predicted molar refractivity (Wildman–Crippen MR) is 68.3 cm³/mol. The van der Waals surface area contributed by atoms with Gasteiger partial charge in [0, 0.05) is 19.8 Å². The van der Waals surface area contributed by atoms with E-state index in [-0.39, 0.29) is 0 Å². The number of nitrogens with zero attached hydrogens (tertiary/aromatic N) is 3. The summed E-state index contributed by atoms with van der Waals surface area (Å²) in [6.45, 7) is 2.13. The molecule has 0 spiro atoms. The maximum atomic E-state index is 5.73. The van der Waals surface area contributed by atoms with E-state index in [9.17, 15) is 0 Å². The van der Waals surface area contributed by atoms with Gasteiger partial charge in [-0.3, -0.25) is 9.58 Å². The third-order valence-electron chi connectivity index (χ3n) is 3.14. The van der Waals surface area contributed by atoms with Gasteiger partial charge in [0.2, 0.25) is 0 Å². The van der Waals surface area contributed by atoms with Crippen molar-refractivity contribution < 1.29 is 0 Å². The second-order valence-corrected chi connectivity index (χ2v) is 4.84. The lowest BCUT2D eigenvalue weighted by Crippen LogP contribution is -2.40. The van der Waals surface area contributed by atoms with E-state index in [0.29, 0.717) is 11.0 Å². The maximum Gasteiger partial charge on any atom is 0.0902 e. The standard InChI is InChI=1S/C11H18N4S/c1-14-8-9(7-13-14)4-6-15-5-2-3-10(15)11(12)16/h7-8,10H,2-6H2,1H3,(H2,12,16). The highest BCUT2D eigenvalue weighted by atomic mass is 32.1. The summed E-state index contributed by atoms with van der Waals surface area (Å²) in [5, 5.41) is 4.16. The van der Waals surface area contributed by atoms with Gasteiger partial charge in [-0.2, -0.15) is 5.10 Å². The molecule has 2 N–H and O–H groups in total. The first kappa shape index (κ1) is 11.5. The van der Waals surface area contributed by atoms with Gasteiger partial charge in [0.25, 0.3) is 0 Å². The molecule has 0 amide bonds. The molecule has 16 heavy (non-hydrogen) atoms. The van der Waals surface area contributed by atoms with Crippen molar-refractivity contribution in [1.29, 1.82) is 0 Å². The molecule has 0 aliphatic carbocycles. The van der Waals surface area contributed by atoms with E-state index in [1.807, 2.05) is 17.9 Å². The van der Waals surface area contributed by atoms with Gasteiger partial charge in [0.1, 0.15) is 0 Å². The van der Waals surface area contributed by atoms with Crippen LogP contribution in [-0.2, 0) is 13.5 Å². The zero-order valence-corrected chi connectivity index (χ0v) is 10.4. The largest absolute Gasteiger partial charge is 0.392 e. The van der Waals surface area contributed by atoms with Crippen molar-refractivity contribution in [3.05, 3.63) is 18.0 Å². The lowest BCUT2D eigenvalue weighted by atomic mass is 10.2. The fourth-order valence-corrected chi connectivity index (χ4v) is 2.56. The summed E-state index contributed by atoms with van der Waals surface area (Å²) in [5.74, 6) is 0. The summed E-state index contributed by atoms with van der Waals surface area (Å²) in [5.41, 5.74) is 7.01. The van der Waals surface area contributed by atoms with E-state index < -0.39 is 0 Å². The van der Waals surface area contributed by atoms with Crippen LogP contribution in [0.3, 0.4) is 0 Å². The van der Waals surface area contributed by atoms with Crippen LogP contribution in [0.1, 0.15) is 18.4 Å². The number of aromatic nitrogens is 2. The molecule has 4 nitrogen and oxygen atoms in total. The molecule has 1 saturated heterocycles. The number of thiocarbonyl (C=S) groups is 1. The topological polar surface area (TPSA) is 47.1 Å². The molecule has 0 aromatic carbocycles. The Hall–Kier alpha value is -0.940. The molecule has 1 unspecified atom stereocenters. The fourth-order valence-electron chi connectivity index (χ4n) is 2.29. The summed E-state index contributed by atoms with van der Waals surface area (Å²) in [7, 11) is 1.94. The molecular weight excluding hydrogens is 220 g/mol. The highest BCUT2D eigenvalue weighted by Gasteiger charge is 2.25. The number of hydrogen-bond donors (Lipinski definition) is 1. The number of likely N-dealkylation sites (tertiary alicyclic amines) is 1. The minimum Gasteiger partial charge on any atom is -0.392 e. The SMILES string of the molecule is Cn1cc(CCN2CCCC2C(N)=S)cn1. The molecule has 2 heterocycles. The monoisotopic (exact) mass is 238 g/mol. The van der Waals surface area contributed by atoms with Crippen LogP contribution in [0, 0.1) is 0 Å². The van der Waals surface area contributed by atoms with Crippen LogP contribution in [0.25, 0.3) is 0 Å². The second kappa shape index (κ2) is 4.93. The Bertz CT molecular complexity index is 374. The van der Waals surface area contributed by atoms with E-state index in [1.165, 1.54) is 12.0 Å². The van der Waals surface area contributed by atoms with Gasteiger partial charge < -0.3 is 5.73 Å². The highest BCUT2D eigenvalue weighted by Crippen LogP contribution is 2.17. The van der Waals surface area contributed by atoms with Gasteiger partial charge in [-0.05, 0) is 31.4 Å². The summed E-state index contributed by atoms with van der Waals surface area (Å²) >= 11 is 5.09. The average Bonchev–Trinajstić information content (AvgIpc) is 2.83. The Kier molecular flexibility index (Phi) is 3.56. The first-order valence-corrected chi connectivity index (χ1v) is 6.08. The molecule has 1 aromatic heterocycles. The normalized spacial score (nSPS) is 21.4.